The van der Waals surface area contributed by atoms with Crippen molar-refractivity contribution >= 4 is 5.91 Å². The van der Waals surface area contributed by atoms with Gasteiger partial charge >= 0.3 is 0 Å². The normalized spacial score (nSPS) is 24.3. The zero-order chi connectivity index (χ0) is 12.1. The Balaban J connectivity index is 1.81. The molecule has 3 N–H and O–H groups in total. The van der Waals surface area contributed by atoms with Crippen LogP contribution in [-0.4, -0.2) is 21.9 Å². The van der Waals surface area contributed by atoms with Gasteiger partial charge in [0.15, 0.2) is 0 Å². The van der Waals surface area contributed by atoms with Crippen LogP contribution in [0.2, 0.25) is 0 Å². The van der Waals surface area contributed by atoms with Gasteiger partial charge in [-0.2, -0.15) is 0 Å². The highest BCUT2D eigenvalue weighted by atomic mass is 16.1. The lowest BCUT2D eigenvalue weighted by atomic mass is 9.85. The number of amides is 1. The fourth-order valence-corrected chi connectivity index (χ4v) is 2.21. The van der Waals surface area contributed by atoms with E-state index < -0.39 is 0 Å². The Labute approximate surface area is 101 Å². The summed E-state index contributed by atoms with van der Waals surface area (Å²) in [5, 5.41) is 2.90. The minimum atomic E-state index is 0.0700. The van der Waals surface area contributed by atoms with E-state index in [1.54, 1.807) is 12.3 Å². The molecule has 1 heterocycles. The number of aromatic nitrogens is 2. The lowest BCUT2D eigenvalue weighted by Gasteiger charge is -2.25. The molecule has 17 heavy (non-hydrogen) atoms. The van der Waals surface area contributed by atoms with Crippen molar-refractivity contribution in [2.75, 3.05) is 0 Å². The zero-order valence-electron chi connectivity index (χ0n) is 9.80. The fraction of sp³-hybridized carbons (Fsp3) is 0.583. The minimum absolute atomic E-state index is 0.0700. The SMILES string of the molecule is NC1CCCC(C(=O)NCc2ccncn2)C1. The zero-order valence-corrected chi connectivity index (χ0v) is 9.80. The van der Waals surface area contributed by atoms with Gasteiger partial charge in [-0.25, -0.2) is 9.97 Å². The summed E-state index contributed by atoms with van der Waals surface area (Å²) < 4.78 is 0. The largest absolute Gasteiger partial charge is 0.350 e. The third-order valence-corrected chi connectivity index (χ3v) is 3.17. The van der Waals surface area contributed by atoms with E-state index >= 15 is 0 Å². The highest BCUT2D eigenvalue weighted by Gasteiger charge is 2.24. The quantitative estimate of drug-likeness (QED) is 0.803. The van der Waals surface area contributed by atoms with Gasteiger partial charge in [-0.15, -0.1) is 0 Å². The molecule has 0 radical (unpaired) electrons. The Bertz CT molecular complexity index is 368. The highest BCUT2D eigenvalue weighted by Crippen LogP contribution is 2.23. The van der Waals surface area contributed by atoms with Crippen LogP contribution >= 0.6 is 0 Å². The van der Waals surface area contributed by atoms with Crippen LogP contribution in [0.4, 0.5) is 0 Å². The maximum Gasteiger partial charge on any atom is 0.223 e. The van der Waals surface area contributed by atoms with Gasteiger partial charge < -0.3 is 11.1 Å². The monoisotopic (exact) mass is 234 g/mol. The first-order chi connectivity index (χ1) is 8.25. The van der Waals surface area contributed by atoms with Crippen molar-refractivity contribution in [2.45, 2.75) is 38.3 Å². The molecule has 0 saturated heterocycles. The third-order valence-electron chi connectivity index (χ3n) is 3.17. The van der Waals surface area contributed by atoms with Crippen LogP contribution in [0.5, 0.6) is 0 Å². The summed E-state index contributed by atoms with van der Waals surface area (Å²) in [6.07, 6.45) is 6.99. The lowest BCUT2D eigenvalue weighted by molar-refractivity contribution is -0.126. The molecule has 92 valence electrons. The lowest BCUT2D eigenvalue weighted by Crippen LogP contribution is -2.37. The second-order valence-electron chi connectivity index (χ2n) is 4.54. The maximum absolute atomic E-state index is 11.9. The summed E-state index contributed by atoms with van der Waals surface area (Å²) in [6, 6.07) is 1.98. The first-order valence-corrected chi connectivity index (χ1v) is 6.04. The number of nitrogens with two attached hydrogens (primary N) is 1. The second-order valence-corrected chi connectivity index (χ2v) is 4.54. The Morgan fingerprint density at radius 3 is 3.12 bits per heavy atom. The van der Waals surface area contributed by atoms with Crippen molar-refractivity contribution < 1.29 is 4.79 Å². The average Bonchev–Trinajstić information content (AvgIpc) is 2.37. The summed E-state index contributed by atoms with van der Waals surface area (Å²) in [7, 11) is 0. The molecule has 2 atom stereocenters. The van der Waals surface area contributed by atoms with E-state index in [9.17, 15) is 4.79 Å². The molecule has 0 aliphatic heterocycles. The summed E-state index contributed by atoms with van der Waals surface area (Å²) in [5.41, 5.74) is 6.70. The molecule has 5 nitrogen and oxygen atoms in total. The Morgan fingerprint density at radius 1 is 1.53 bits per heavy atom. The molecule has 1 amide bonds. The van der Waals surface area contributed by atoms with Crippen molar-refractivity contribution in [1.82, 2.24) is 15.3 Å². The fourth-order valence-electron chi connectivity index (χ4n) is 2.21. The van der Waals surface area contributed by atoms with Crippen molar-refractivity contribution in [3.05, 3.63) is 24.3 Å². The predicted octanol–water partition coefficient (Wildman–Crippen LogP) is 0.610. The number of rotatable bonds is 3. The van der Waals surface area contributed by atoms with Gasteiger partial charge in [0.1, 0.15) is 6.33 Å². The van der Waals surface area contributed by atoms with Crippen LogP contribution in [0, 0.1) is 5.92 Å². The van der Waals surface area contributed by atoms with Crippen molar-refractivity contribution in [3.63, 3.8) is 0 Å². The second kappa shape index (κ2) is 5.72. The van der Waals surface area contributed by atoms with Crippen LogP contribution in [0.3, 0.4) is 0 Å². The molecule has 1 aliphatic carbocycles. The summed E-state index contributed by atoms with van der Waals surface area (Å²) in [6.45, 7) is 0.465. The summed E-state index contributed by atoms with van der Waals surface area (Å²) in [4.78, 5) is 19.8. The van der Waals surface area contributed by atoms with Crippen molar-refractivity contribution in [3.8, 4) is 0 Å². The molecule has 1 saturated carbocycles. The van der Waals surface area contributed by atoms with E-state index in [-0.39, 0.29) is 17.9 Å². The number of carbonyl (C=O) groups excluding carboxylic acids is 1. The van der Waals surface area contributed by atoms with Gasteiger partial charge in [0.2, 0.25) is 5.91 Å². The van der Waals surface area contributed by atoms with Crippen molar-refractivity contribution in [1.29, 1.82) is 0 Å². The number of carbonyl (C=O) groups is 1. The van der Waals surface area contributed by atoms with Crippen LogP contribution in [0.15, 0.2) is 18.6 Å². The first kappa shape index (κ1) is 12.0. The van der Waals surface area contributed by atoms with E-state index in [1.165, 1.54) is 6.33 Å². The first-order valence-electron chi connectivity index (χ1n) is 6.04. The molecular weight excluding hydrogens is 216 g/mol. The topological polar surface area (TPSA) is 80.9 Å². The molecule has 1 aliphatic rings. The van der Waals surface area contributed by atoms with E-state index in [4.69, 9.17) is 5.73 Å². The molecule has 1 fully saturated rings. The molecule has 1 aromatic heterocycles. The van der Waals surface area contributed by atoms with Crippen LogP contribution < -0.4 is 11.1 Å². The van der Waals surface area contributed by atoms with E-state index in [0.29, 0.717) is 6.54 Å². The maximum atomic E-state index is 11.9. The number of hydrogen-bond donors (Lipinski definition) is 2. The van der Waals surface area contributed by atoms with Crippen LogP contribution in [-0.2, 0) is 11.3 Å². The van der Waals surface area contributed by atoms with Crippen molar-refractivity contribution in [2.24, 2.45) is 11.7 Å². The third kappa shape index (κ3) is 3.49. The summed E-state index contributed by atoms with van der Waals surface area (Å²) >= 11 is 0. The van der Waals surface area contributed by atoms with E-state index in [2.05, 4.69) is 15.3 Å². The van der Waals surface area contributed by atoms with Gasteiger partial charge in [-0.05, 0) is 25.3 Å². The molecular formula is C12H18N4O. The summed E-state index contributed by atoms with van der Waals surface area (Å²) in [5.74, 6) is 0.166. The smallest absolute Gasteiger partial charge is 0.223 e. The molecule has 0 aromatic carbocycles. The molecule has 1 aromatic rings. The van der Waals surface area contributed by atoms with Gasteiger partial charge in [0, 0.05) is 18.2 Å². The number of nitrogens with one attached hydrogen (secondary N) is 1. The van der Waals surface area contributed by atoms with E-state index in [1.807, 2.05) is 0 Å². The molecule has 5 heteroatoms. The van der Waals surface area contributed by atoms with Gasteiger partial charge in [-0.3, -0.25) is 4.79 Å². The van der Waals surface area contributed by atoms with Gasteiger partial charge in [0.25, 0.3) is 0 Å². The van der Waals surface area contributed by atoms with Gasteiger partial charge in [-0.1, -0.05) is 6.42 Å². The Hall–Kier alpha value is -1.49. The number of hydrogen-bond acceptors (Lipinski definition) is 4. The Kier molecular flexibility index (Phi) is 4.03. The molecule has 2 unspecified atom stereocenters. The molecule has 0 bridgehead atoms. The molecule has 2 rings (SSSR count). The number of nitrogens with zero attached hydrogens (tertiary/aromatic N) is 2. The van der Waals surface area contributed by atoms with Gasteiger partial charge in [0.05, 0.1) is 12.2 Å². The standard InChI is InChI=1S/C12H18N4O/c13-10-3-1-2-9(6-10)12(17)15-7-11-4-5-14-8-16-11/h4-5,8-10H,1-3,6-7,13H2,(H,15,17). The van der Waals surface area contributed by atoms with Crippen LogP contribution in [0.25, 0.3) is 0 Å². The Morgan fingerprint density at radius 2 is 2.41 bits per heavy atom. The van der Waals surface area contributed by atoms with E-state index in [0.717, 1.165) is 31.4 Å². The average molecular weight is 234 g/mol. The highest BCUT2D eigenvalue weighted by molar-refractivity contribution is 5.78. The minimum Gasteiger partial charge on any atom is -0.350 e. The predicted molar refractivity (Wildman–Crippen MR) is 63.8 cm³/mol. The molecule has 0 spiro atoms. The van der Waals surface area contributed by atoms with Crippen LogP contribution in [0.1, 0.15) is 31.4 Å².